The summed E-state index contributed by atoms with van der Waals surface area (Å²) in [7, 11) is 0. The standard InChI is InChI=1S/C20H24N4O/c1-12(11-25)21-18-9-19(23-20(22-18)13-6-7-13)24-10-14-8-17(24)16-5-3-2-4-15(14)16/h2-5,9,12-14,17,25H,6-8,10-11H2,1H3,(H,21,22,23)/t12-,14-,17+/m1/s1. The number of fused-ring (bicyclic) bond motifs is 5. The number of anilines is 2. The molecule has 0 radical (unpaired) electrons. The second kappa shape index (κ2) is 5.70. The van der Waals surface area contributed by atoms with Crippen LogP contribution in [0.15, 0.2) is 30.3 Å². The van der Waals surface area contributed by atoms with Crippen LogP contribution in [0.5, 0.6) is 0 Å². The van der Waals surface area contributed by atoms with Gasteiger partial charge in [0.25, 0.3) is 0 Å². The van der Waals surface area contributed by atoms with Crippen LogP contribution in [0.3, 0.4) is 0 Å². The Balaban J connectivity index is 1.50. The van der Waals surface area contributed by atoms with E-state index in [4.69, 9.17) is 9.97 Å². The van der Waals surface area contributed by atoms with Crippen LogP contribution >= 0.6 is 0 Å². The van der Waals surface area contributed by atoms with Crippen LogP contribution in [0.2, 0.25) is 0 Å². The fraction of sp³-hybridized carbons (Fsp3) is 0.500. The zero-order valence-corrected chi connectivity index (χ0v) is 14.5. The molecule has 5 nitrogen and oxygen atoms in total. The molecule has 0 unspecified atom stereocenters. The zero-order chi connectivity index (χ0) is 17.0. The first-order valence-electron chi connectivity index (χ1n) is 9.34. The zero-order valence-electron chi connectivity index (χ0n) is 14.5. The van der Waals surface area contributed by atoms with Crippen molar-refractivity contribution in [3.63, 3.8) is 0 Å². The van der Waals surface area contributed by atoms with Crippen LogP contribution in [-0.2, 0) is 0 Å². The smallest absolute Gasteiger partial charge is 0.136 e. The third kappa shape index (κ3) is 2.58. The van der Waals surface area contributed by atoms with Crippen molar-refractivity contribution >= 4 is 11.6 Å². The maximum Gasteiger partial charge on any atom is 0.136 e. The Morgan fingerprint density at radius 2 is 2.00 bits per heavy atom. The van der Waals surface area contributed by atoms with Crippen LogP contribution in [0.4, 0.5) is 11.6 Å². The first-order chi connectivity index (χ1) is 12.2. The molecular weight excluding hydrogens is 312 g/mol. The molecule has 2 heterocycles. The first-order valence-corrected chi connectivity index (χ1v) is 9.34. The largest absolute Gasteiger partial charge is 0.394 e. The molecule has 2 N–H and O–H groups in total. The summed E-state index contributed by atoms with van der Waals surface area (Å²) in [4.78, 5) is 12.1. The molecule has 2 fully saturated rings. The van der Waals surface area contributed by atoms with Crippen molar-refractivity contribution in [2.24, 2.45) is 0 Å². The van der Waals surface area contributed by atoms with Crippen molar-refractivity contribution in [2.45, 2.75) is 50.1 Å². The van der Waals surface area contributed by atoms with E-state index < -0.39 is 0 Å². The van der Waals surface area contributed by atoms with Gasteiger partial charge in [0.05, 0.1) is 12.6 Å². The molecule has 25 heavy (non-hydrogen) atoms. The molecule has 130 valence electrons. The molecule has 5 rings (SSSR count). The number of aliphatic hydroxyl groups excluding tert-OH is 1. The number of rotatable bonds is 5. The van der Waals surface area contributed by atoms with Crippen molar-refractivity contribution in [3.8, 4) is 0 Å². The van der Waals surface area contributed by atoms with Crippen molar-refractivity contribution < 1.29 is 5.11 Å². The number of nitrogens with one attached hydrogen (secondary N) is 1. The fourth-order valence-corrected chi connectivity index (χ4v) is 4.29. The lowest BCUT2D eigenvalue weighted by molar-refractivity contribution is 0.281. The molecule has 5 heteroatoms. The monoisotopic (exact) mass is 336 g/mol. The third-order valence-electron chi connectivity index (χ3n) is 5.73. The molecule has 0 spiro atoms. The van der Waals surface area contributed by atoms with Gasteiger partial charge < -0.3 is 15.3 Å². The fourth-order valence-electron chi connectivity index (χ4n) is 4.29. The highest BCUT2D eigenvalue weighted by atomic mass is 16.3. The van der Waals surface area contributed by atoms with Gasteiger partial charge in [-0.1, -0.05) is 24.3 Å². The highest BCUT2D eigenvalue weighted by Gasteiger charge is 2.43. The molecule has 0 amide bonds. The Labute approximate surface area is 148 Å². The Kier molecular flexibility index (Phi) is 3.45. The number of hydrogen-bond acceptors (Lipinski definition) is 5. The summed E-state index contributed by atoms with van der Waals surface area (Å²) < 4.78 is 0. The Bertz CT molecular complexity index is 804. The summed E-state index contributed by atoms with van der Waals surface area (Å²) in [5.41, 5.74) is 2.98. The minimum Gasteiger partial charge on any atom is -0.394 e. The van der Waals surface area contributed by atoms with Gasteiger partial charge in [0.15, 0.2) is 0 Å². The van der Waals surface area contributed by atoms with Crippen LogP contribution in [-0.4, -0.2) is 34.3 Å². The normalized spacial score (nSPS) is 25.1. The summed E-state index contributed by atoms with van der Waals surface area (Å²) in [6, 6.07) is 11.3. The lowest BCUT2D eigenvalue weighted by atomic mass is 9.99. The van der Waals surface area contributed by atoms with Crippen molar-refractivity contribution in [1.29, 1.82) is 0 Å². The van der Waals surface area contributed by atoms with Gasteiger partial charge in [-0.3, -0.25) is 0 Å². The van der Waals surface area contributed by atoms with Crippen LogP contribution in [0, 0.1) is 0 Å². The average molecular weight is 336 g/mol. The van der Waals surface area contributed by atoms with Crippen molar-refractivity contribution in [1.82, 2.24) is 9.97 Å². The van der Waals surface area contributed by atoms with E-state index in [0.29, 0.717) is 17.9 Å². The molecule has 1 aromatic carbocycles. The van der Waals surface area contributed by atoms with Crippen molar-refractivity contribution in [3.05, 3.63) is 47.3 Å². The van der Waals surface area contributed by atoms with E-state index in [9.17, 15) is 5.11 Å². The second-order valence-corrected chi connectivity index (χ2v) is 7.70. The predicted octanol–water partition coefficient (Wildman–Crippen LogP) is 3.20. The topological polar surface area (TPSA) is 61.3 Å². The highest BCUT2D eigenvalue weighted by molar-refractivity contribution is 5.57. The van der Waals surface area contributed by atoms with E-state index >= 15 is 0 Å². The van der Waals surface area contributed by atoms with Gasteiger partial charge >= 0.3 is 0 Å². The number of aromatic nitrogens is 2. The molecule has 2 bridgehead atoms. The Hall–Kier alpha value is -2.14. The average Bonchev–Trinajstić information content (AvgIpc) is 3.32. The van der Waals surface area contributed by atoms with Gasteiger partial charge in [0.2, 0.25) is 0 Å². The van der Waals surface area contributed by atoms with E-state index in [1.807, 2.05) is 6.92 Å². The molecule has 2 aliphatic carbocycles. The maximum atomic E-state index is 9.35. The molecule has 3 aliphatic rings. The van der Waals surface area contributed by atoms with E-state index in [1.165, 1.54) is 30.4 Å². The molecule has 1 aliphatic heterocycles. The van der Waals surface area contributed by atoms with E-state index in [-0.39, 0.29) is 12.6 Å². The molecule has 1 saturated carbocycles. The summed E-state index contributed by atoms with van der Waals surface area (Å²) >= 11 is 0. The minimum atomic E-state index is -0.00874. The maximum absolute atomic E-state index is 9.35. The van der Waals surface area contributed by atoms with E-state index in [1.54, 1.807) is 0 Å². The lowest BCUT2D eigenvalue weighted by Crippen LogP contribution is -2.29. The number of nitrogens with zero attached hydrogens (tertiary/aromatic N) is 3. The van der Waals surface area contributed by atoms with Crippen LogP contribution in [0.25, 0.3) is 0 Å². The molecule has 1 saturated heterocycles. The summed E-state index contributed by atoms with van der Waals surface area (Å²) in [6.07, 6.45) is 3.57. The number of hydrogen-bond donors (Lipinski definition) is 2. The number of aliphatic hydroxyl groups is 1. The third-order valence-corrected chi connectivity index (χ3v) is 5.73. The SMILES string of the molecule is C[C@H](CO)Nc1cc(N2C[C@H]3C[C@H]2c2ccccc23)nc(C2CC2)n1. The van der Waals surface area contributed by atoms with Crippen LogP contribution in [0.1, 0.15) is 61.0 Å². The molecule has 1 aromatic heterocycles. The Morgan fingerprint density at radius 1 is 1.20 bits per heavy atom. The molecule has 2 aromatic rings. The van der Waals surface area contributed by atoms with Gasteiger partial charge in [-0.05, 0) is 37.3 Å². The van der Waals surface area contributed by atoms with Gasteiger partial charge in [0, 0.05) is 30.5 Å². The van der Waals surface area contributed by atoms with Gasteiger partial charge in [-0.25, -0.2) is 9.97 Å². The van der Waals surface area contributed by atoms with Crippen molar-refractivity contribution in [2.75, 3.05) is 23.4 Å². The lowest BCUT2D eigenvalue weighted by Gasteiger charge is -2.30. The highest BCUT2D eigenvalue weighted by Crippen LogP contribution is 2.51. The van der Waals surface area contributed by atoms with E-state index in [2.05, 4.69) is 40.5 Å². The predicted molar refractivity (Wildman–Crippen MR) is 98.1 cm³/mol. The quantitative estimate of drug-likeness (QED) is 0.878. The van der Waals surface area contributed by atoms with Gasteiger partial charge in [0.1, 0.15) is 17.5 Å². The van der Waals surface area contributed by atoms with E-state index in [0.717, 1.165) is 24.0 Å². The molecule has 3 atom stereocenters. The second-order valence-electron chi connectivity index (χ2n) is 7.70. The van der Waals surface area contributed by atoms with Gasteiger partial charge in [-0.15, -0.1) is 0 Å². The minimum absolute atomic E-state index is 0.00874. The Morgan fingerprint density at radius 3 is 2.76 bits per heavy atom. The number of benzene rings is 1. The molecular formula is C20H24N4O. The summed E-state index contributed by atoms with van der Waals surface area (Å²) in [5.74, 6) is 3.96. The van der Waals surface area contributed by atoms with Gasteiger partial charge in [-0.2, -0.15) is 0 Å². The summed E-state index contributed by atoms with van der Waals surface area (Å²) in [6.45, 7) is 3.10. The van der Waals surface area contributed by atoms with Crippen LogP contribution < -0.4 is 10.2 Å². The first kappa shape index (κ1) is 15.1. The summed E-state index contributed by atoms with van der Waals surface area (Å²) in [5, 5.41) is 12.7.